The third-order valence-corrected chi connectivity index (χ3v) is 2.87. The molecule has 0 aliphatic heterocycles. The number of methoxy groups -OCH3 is 1. The molecule has 0 spiro atoms. The van der Waals surface area contributed by atoms with Crippen molar-refractivity contribution in [3.05, 3.63) is 53.5 Å². The molecule has 0 amide bonds. The number of aromatic nitrogens is 1. The van der Waals surface area contributed by atoms with Gasteiger partial charge in [0.2, 0.25) is 0 Å². The van der Waals surface area contributed by atoms with E-state index in [4.69, 9.17) is 16.3 Å². The van der Waals surface area contributed by atoms with Gasteiger partial charge in [0.1, 0.15) is 17.4 Å². The van der Waals surface area contributed by atoms with Crippen LogP contribution in [-0.4, -0.2) is 12.1 Å². The molecule has 19 heavy (non-hydrogen) atoms. The second kappa shape index (κ2) is 5.64. The molecule has 0 saturated carbocycles. The average molecular weight is 262 g/mol. The van der Waals surface area contributed by atoms with E-state index >= 15 is 0 Å². The first-order chi connectivity index (χ1) is 9.17. The van der Waals surface area contributed by atoms with E-state index in [1.165, 1.54) is 13.2 Å². The van der Waals surface area contributed by atoms with Gasteiger partial charge in [0.25, 0.3) is 0 Å². The molecule has 100 valence electrons. The molecule has 6 heteroatoms. The van der Waals surface area contributed by atoms with E-state index < -0.39 is 11.9 Å². The molecule has 0 saturated heterocycles. The number of nitrogens with zero attached hydrogens (tertiary/aromatic N) is 1. The van der Waals surface area contributed by atoms with Crippen LogP contribution in [0.25, 0.3) is 0 Å². The van der Waals surface area contributed by atoms with Gasteiger partial charge in [-0.3, -0.25) is 5.84 Å². The van der Waals surface area contributed by atoms with E-state index in [1.807, 2.05) is 0 Å². The number of halogens is 1. The van der Waals surface area contributed by atoms with Crippen LogP contribution in [0.15, 0.2) is 36.5 Å². The maximum Gasteiger partial charge on any atom is 0.132 e. The fourth-order valence-electron chi connectivity index (χ4n) is 1.89. The Hall–Kier alpha value is -2.18. The number of nitrogen functional groups attached to an aromatic ring is 1. The summed E-state index contributed by atoms with van der Waals surface area (Å²) in [7, 11) is 1.48. The Kier molecular flexibility index (Phi) is 3.94. The van der Waals surface area contributed by atoms with E-state index in [0.717, 1.165) is 0 Å². The quantitative estimate of drug-likeness (QED) is 0.572. The Morgan fingerprint density at radius 1 is 1.32 bits per heavy atom. The van der Waals surface area contributed by atoms with Gasteiger partial charge in [0.15, 0.2) is 0 Å². The predicted octanol–water partition coefficient (Wildman–Crippen LogP) is 1.36. The van der Waals surface area contributed by atoms with Crippen LogP contribution < -0.4 is 21.7 Å². The third kappa shape index (κ3) is 2.64. The van der Waals surface area contributed by atoms with Crippen molar-refractivity contribution in [2.45, 2.75) is 6.04 Å². The summed E-state index contributed by atoms with van der Waals surface area (Å²) in [6.07, 6.45) is 1.57. The number of pyridine rings is 1. The van der Waals surface area contributed by atoms with Crippen molar-refractivity contribution in [3.8, 4) is 5.75 Å². The first-order valence-corrected chi connectivity index (χ1v) is 5.67. The minimum absolute atomic E-state index is 0.306. The summed E-state index contributed by atoms with van der Waals surface area (Å²) in [4.78, 5) is 3.97. The number of hydrogen-bond donors (Lipinski definition) is 3. The number of rotatable bonds is 4. The van der Waals surface area contributed by atoms with Gasteiger partial charge in [0, 0.05) is 23.4 Å². The average Bonchev–Trinajstić information content (AvgIpc) is 2.43. The van der Waals surface area contributed by atoms with Crippen LogP contribution >= 0.6 is 0 Å². The zero-order valence-electron chi connectivity index (χ0n) is 10.4. The van der Waals surface area contributed by atoms with Crippen LogP contribution in [0.3, 0.4) is 0 Å². The fourth-order valence-corrected chi connectivity index (χ4v) is 1.89. The molecule has 1 atom stereocenters. The minimum atomic E-state index is -0.570. The summed E-state index contributed by atoms with van der Waals surface area (Å²) in [6.45, 7) is 0. The van der Waals surface area contributed by atoms with Crippen LogP contribution in [0, 0.1) is 5.82 Å². The summed E-state index contributed by atoms with van der Waals surface area (Å²) in [6, 6.07) is 7.46. The lowest BCUT2D eigenvalue weighted by atomic mass is 9.99. The smallest absolute Gasteiger partial charge is 0.132 e. The first kappa shape index (κ1) is 13.3. The lowest BCUT2D eigenvalue weighted by Gasteiger charge is -2.19. The Bertz CT molecular complexity index is 576. The topological polar surface area (TPSA) is 86.2 Å². The van der Waals surface area contributed by atoms with E-state index in [2.05, 4.69) is 10.4 Å². The Balaban J connectivity index is 2.46. The summed E-state index contributed by atoms with van der Waals surface area (Å²) in [5, 5.41) is 0. The lowest BCUT2D eigenvalue weighted by Crippen LogP contribution is -2.30. The molecule has 0 fully saturated rings. The maximum absolute atomic E-state index is 14.1. The highest BCUT2D eigenvalue weighted by Crippen LogP contribution is 2.28. The fraction of sp³-hybridized carbons (Fsp3) is 0.154. The van der Waals surface area contributed by atoms with Gasteiger partial charge < -0.3 is 10.5 Å². The van der Waals surface area contributed by atoms with Crippen molar-refractivity contribution >= 4 is 5.82 Å². The summed E-state index contributed by atoms with van der Waals surface area (Å²) in [5.74, 6) is 5.84. The second-order valence-corrected chi connectivity index (χ2v) is 3.96. The monoisotopic (exact) mass is 262 g/mol. The molecule has 0 aliphatic carbocycles. The number of nitrogens with two attached hydrogens (primary N) is 2. The SMILES string of the molecule is COc1ccc(C(NN)c2cccnc2N)c(F)c1. The van der Waals surface area contributed by atoms with Gasteiger partial charge in [-0.1, -0.05) is 12.1 Å². The van der Waals surface area contributed by atoms with Crippen molar-refractivity contribution in [1.29, 1.82) is 0 Å². The van der Waals surface area contributed by atoms with Crippen LogP contribution in [-0.2, 0) is 0 Å². The molecule has 0 radical (unpaired) electrons. The Labute approximate surface area is 110 Å². The largest absolute Gasteiger partial charge is 0.497 e. The van der Waals surface area contributed by atoms with Crippen LogP contribution in [0.1, 0.15) is 17.2 Å². The van der Waals surface area contributed by atoms with Crippen molar-refractivity contribution in [2.75, 3.05) is 12.8 Å². The summed E-state index contributed by atoms with van der Waals surface area (Å²) >= 11 is 0. The molecule has 1 aromatic carbocycles. The van der Waals surface area contributed by atoms with Crippen molar-refractivity contribution in [2.24, 2.45) is 5.84 Å². The molecule has 0 bridgehead atoms. The van der Waals surface area contributed by atoms with Gasteiger partial charge >= 0.3 is 0 Å². The number of ether oxygens (including phenoxy) is 1. The summed E-state index contributed by atoms with van der Waals surface area (Å²) < 4.78 is 19.0. The number of benzene rings is 1. The maximum atomic E-state index is 14.1. The van der Waals surface area contributed by atoms with Gasteiger partial charge in [-0.2, -0.15) is 0 Å². The molecule has 1 unspecified atom stereocenters. The lowest BCUT2D eigenvalue weighted by molar-refractivity contribution is 0.410. The zero-order valence-corrected chi connectivity index (χ0v) is 10.4. The Morgan fingerprint density at radius 2 is 2.11 bits per heavy atom. The Morgan fingerprint density at radius 3 is 2.68 bits per heavy atom. The highest BCUT2D eigenvalue weighted by Gasteiger charge is 2.19. The van der Waals surface area contributed by atoms with E-state index in [-0.39, 0.29) is 0 Å². The first-order valence-electron chi connectivity index (χ1n) is 5.67. The van der Waals surface area contributed by atoms with Gasteiger partial charge in [-0.15, -0.1) is 0 Å². The van der Waals surface area contributed by atoms with Crippen LogP contribution in [0.5, 0.6) is 5.75 Å². The number of hydrogen-bond acceptors (Lipinski definition) is 5. The molecular formula is C13H15FN4O. The molecule has 5 N–H and O–H groups in total. The normalized spacial score (nSPS) is 12.2. The predicted molar refractivity (Wildman–Crippen MR) is 70.8 cm³/mol. The molecular weight excluding hydrogens is 247 g/mol. The zero-order chi connectivity index (χ0) is 13.8. The highest BCUT2D eigenvalue weighted by molar-refractivity contribution is 5.46. The van der Waals surface area contributed by atoms with Crippen LogP contribution in [0.4, 0.5) is 10.2 Å². The van der Waals surface area contributed by atoms with E-state index in [0.29, 0.717) is 22.7 Å². The van der Waals surface area contributed by atoms with E-state index in [9.17, 15) is 4.39 Å². The van der Waals surface area contributed by atoms with Crippen molar-refractivity contribution in [3.63, 3.8) is 0 Å². The third-order valence-electron chi connectivity index (χ3n) is 2.87. The molecule has 2 rings (SSSR count). The summed E-state index contributed by atoms with van der Waals surface area (Å²) in [5.41, 5.74) is 9.34. The standard InChI is InChI=1S/C13H15FN4O/c1-19-8-4-5-9(11(14)7-8)12(18-16)10-3-2-6-17-13(10)15/h2-7,12,18H,16H2,1H3,(H2,15,17). The van der Waals surface area contributed by atoms with Gasteiger partial charge in [-0.25, -0.2) is 14.8 Å². The molecule has 1 heterocycles. The molecule has 1 aromatic heterocycles. The van der Waals surface area contributed by atoms with Crippen LogP contribution in [0.2, 0.25) is 0 Å². The molecule has 0 aliphatic rings. The highest BCUT2D eigenvalue weighted by atomic mass is 19.1. The van der Waals surface area contributed by atoms with Crippen molar-refractivity contribution in [1.82, 2.24) is 10.4 Å². The molecule has 5 nitrogen and oxygen atoms in total. The second-order valence-electron chi connectivity index (χ2n) is 3.96. The number of anilines is 1. The van der Waals surface area contributed by atoms with Gasteiger partial charge in [0.05, 0.1) is 13.2 Å². The van der Waals surface area contributed by atoms with E-state index in [1.54, 1.807) is 30.5 Å². The van der Waals surface area contributed by atoms with Gasteiger partial charge in [-0.05, 0) is 12.1 Å². The number of nitrogens with one attached hydrogen (secondary N) is 1. The minimum Gasteiger partial charge on any atom is -0.497 e. The number of hydrazine groups is 1. The molecule has 2 aromatic rings. The van der Waals surface area contributed by atoms with Crippen molar-refractivity contribution < 1.29 is 9.13 Å².